The van der Waals surface area contributed by atoms with Crippen LogP contribution < -0.4 is 10.2 Å². The van der Waals surface area contributed by atoms with E-state index in [1.807, 2.05) is 29.9 Å². The van der Waals surface area contributed by atoms with Crippen molar-refractivity contribution >= 4 is 23.0 Å². The quantitative estimate of drug-likeness (QED) is 0.882. The summed E-state index contributed by atoms with van der Waals surface area (Å²) in [5.74, 6) is 0.435. The molecule has 1 aromatic heterocycles. The molecule has 1 aromatic carbocycles. The number of aliphatic hydroxyl groups is 1. The second-order valence-electron chi connectivity index (χ2n) is 6.07. The summed E-state index contributed by atoms with van der Waals surface area (Å²) in [4.78, 5) is 2.37. The van der Waals surface area contributed by atoms with E-state index >= 15 is 0 Å². The summed E-state index contributed by atoms with van der Waals surface area (Å²) in [6, 6.07) is 7.99. The van der Waals surface area contributed by atoms with Crippen molar-refractivity contribution in [3.8, 4) is 0 Å². The molecule has 1 aliphatic heterocycles. The number of hydrogen-bond acceptors (Lipinski definition) is 4. The molecule has 5 nitrogen and oxygen atoms in total. The predicted molar refractivity (Wildman–Crippen MR) is 94.0 cm³/mol. The second kappa shape index (κ2) is 7.23. The van der Waals surface area contributed by atoms with Crippen LogP contribution in [0.4, 0.5) is 11.4 Å². The molecule has 0 aliphatic carbocycles. The molecule has 0 atom stereocenters. The first-order valence-corrected chi connectivity index (χ1v) is 8.41. The minimum absolute atomic E-state index is 0.292. The molecule has 6 heteroatoms. The lowest BCUT2D eigenvalue weighted by atomic mass is 9.97. The van der Waals surface area contributed by atoms with Crippen LogP contribution in [-0.4, -0.2) is 34.6 Å². The van der Waals surface area contributed by atoms with Gasteiger partial charge in [0.25, 0.3) is 0 Å². The highest BCUT2D eigenvalue weighted by Crippen LogP contribution is 2.32. The highest BCUT2D eigenvalue weighted by atomic mass is 35.5. The zero-order chi connectivity index (χ0) is 16.2. The summed E-state index contributed by atoms with van der Waals surface area (Å²) < 4.78 is 1.87. The van der Waals surface area contributed by atoms with E-state index in [-0.39, 0.29) is 0 Å². The molecule has 2 heterocycles. The molecule has 1 saturated heterocycles. The lowest BCUT2D eigenvalue weighted by Gasteiger charge is -2.34. The maximum atomic E-state index is 9.30. The summed E-state index contributed by atoms with van der Waals surface area (Å²) >= 11 is 6.18. The highest BCUT2D eigenvalue weighted by Gasteiger charge is 2.20. The number of nitrogens with one attached hydrogen (secondary N) is 1. The van der Waals surface area contributed by atoms with Crippen molar-refractivity contribution in [3.63, 3.8) is 0 Å². The third kappa shape index (κ3) is 3.79. The number of hydrogen-bond donors (Lipinski definition) is 2. The van der Waals surface area contributed by atoms with Gasteiger partial charge in [-0.25, -0.2) is 0 Å². The number of nitrogens with zero attached hydrogens (tertiary/aromatic N) is 3. The molecule has 0 bridgehead atoms. The molecule has 1 aliphatic rings. The van der Waals surface area contributed by atoms with Crippen LogP contribution in [0, 0.1) is 5.92 Å². The molecule has 1 fully saturated rings. The van der Waals surface area contributed by atoms with E-state index < -0.39 is 0 Å². The van der Waals surface area contributed by atoms with Crippen LogP contribution in [0.5, 0.6) is 0 Å². The van der Waals surface area contributed by atoms with E-state index in [0.717, 1.165) is 42.3 Å². The molecular weight excluding hydrogens is 312 g/mol. The van der Waals surface area contributed by atoms with Crippen LogP contribution in [0.25, 0.3) is 0 Å². The Bertz CT molecular complexity index is 650. The van der Waals surface area contributed by atoms with Crippen LogP contribution in [0.2, 0.25) is 5.02 Å². The summed E-state index contributed by atoms with van der Waals surface area (Å²) in [6.45, 7) is 2.93. The largest absolute Gasteiger partial charge is 0.396 e. The Labute approximate surface area is 141 Å². The molecule has 2 N–H and O–H groups in total. The first-order valence-electron chi connectivity index (χ1n) is 8.03. The number of rotatable bonds is 5. The molecule has 0 unspecified atom stereocenters. The van der Waals surface area contributed by atoms with Gasteiger partial charge in [0.05, 0.1) is 23.6 Å². The lowest BCUT2D eigenvalue weighted by molar-refractivity contribution is 0.203. The van der Waals surface area contributed by atoms with Crippen LogP contribution >= 0.6 is 11.6 Å². The molecule has 0 saturated carbocycles. The second-order valence-corrected chi connectivity index (χ2v) is 6.51. The van der Waals surface area contributed by atoms with Crippen molar-refractivity contribution in [1.82, 2.24) is 9.78 Å². The van der Waals surface area contributed by atoms with Gasteiger partial charge in [0, 0.05) is 38.0 Å². The standard InChI is InChI=1S/C17H23ClN4O/c1-21-15(4-7-20-21)11-19-16-10-14(18)2-3-17(16)22-8-5-13(12-23)6-9-22/h2-4,7,10,13,19,23H,5-6,8-9,11-12H2,1H3. The Hall–Kier alpha value is -1.72. The molecule has 23 heavy (non-hydrogen) atoms. The first-order chi connectivity index (χ1) is 11.2. The number of aromatic nitrogens is 2. The summed E-state index contributed by atoms with van der Waals surface area (Å²) in [6.07, 6.45) is 3.86. The van der Waals surface area contributed by atoms with Crippen LogP contribution in [0.1, 0.15) is 18.5 Å². The summed E-state index contributed by atoms with van der Waals surface area (Å²) in [7, 11) is 1.94. The topological polar surface area (TPSA) is 53.3 Å². The van der Waals surface area contributed by atoms with E-state index in [2.05, 4.69) is 21.4 Å². The molecule has 124 valence electrons. The number of benzene rings is 1. The van der Waals surface area contributed by atoms with E-state index in [1.165, 1.54) is 5.69 Å². The van der Waals surface area contributed by atoms with Crippen molar-refractivity contribution in [3.05, 3.63) is 41.2 Å². The molecule has 0 radical (unpaired) electrons. The SMILES string of the molecule is Cn1nccc1CNc1cc(Cl)ccc1N1CCC(CO)CC1. The minimum Gasteiger partial charge on any atom is -0.396 e. The fraction of sp³-hybridized carbons (Fsp3) is 0.471. The fourth-order valence-corrected chi connectivity index (χ4v) is 3.21. The van der Waals surface area contributed by atoms with Crippen LogP contribution in [0.15, 0.2) is 30.5 Å². The monoisotopic (exact) mass is 334 g/mol. The van der Waals surface area contributed by atoms with Gasteiger partial charge < -0.3 is 15.3 Å². The average Bonchev–Trinajstić information content (AvgIpc) is 2.98. The number of aliphatic hydroxyl groups excluding tert-OH is 1. The zero-order valence-electron chi connectivity index (χ0n) is 13.4. The smallest absolute Gasteiger partial charge is 0.0603 e. The van der Waals surface area contributed by atoms with Crippen molar-refractivity contribution in [2.45, 2.75) is 19.4 Å². The van der Waals surface area contributed by atoms with Gasteiger partial charge in [-0.2, -0.15) is 5.10 Å². The van der Waals surface area contributed by atoms with Gasteiger partial charge in [-0.1, -0.05) is 11.6 Å². The van der Waals surface area contributed by atoms with E-state index in [1.54, 1.807) is 6.20 Å². The highest BCUT2D eigenvalue weighted by molar-refractivity contribution is 6.31. The number of anilines is 2. The van der Waals surface area contributed by atoms with Crippen molar-refractivity contribution in [1.29, 1.82) is 0 Å². The van der Waals surface area contributed by atoms with Gasteiger partial charge in [-0.05, 0) is 43.0 Å². The Morgan fingerprint density at radius 3 is 2.74 bits per heavy atom. The first kappa shape index (κ1) is 16.1. The predicted octanol–water partition coefficient (Wildman–Crippen LogP) is 2.89. The third-order valence-corrected chi connectivity index (χ3v) is 4.79. The van der Waals surface area contributed by atoms with Crippen molar-refractivity contribution in [2.24, 2.45) is 13.0 Å². The average molecular weight is 335 g/mol. The van der Waals surface area contributed by atoms with E-state index in [4.69, 9.17) is 11.6 Å². The Morgan fingerprint density at radius 2 is 2.09 bits per heavy atom. The Kier molecular flexibility index (Phi) is 5.08. The molecular formula is C17H23ClN4O. The molecule has 0 spiro atoms. The number of aryl methyl sites for hydroxylation is 1. The fourth-order valence-electron chi connectivity index (χ4n) is 3.04. The Morgan fingerprint density at radius 1 is 1.30 bits per heavy atom. The van der Waals surface area contributed by atoms with Gasteiger partial charge in [-0.3, -0.25) is 4.68 Å². The molecule has 0 amide bonds. The van der Waals surface area contributed by atoms with Gasteiger partial charge in [-0.15, -0.1) is 0 Å². The van der Waals surface area contributed by atoms with Gasteiger partial charge >= 0.3 is 0 Å². The van der Waals surface area contributed by atoms with Gasteiger partial charge in [0.2, 0.25) is 0 Å². The normalized spacial score (nSPS) is 15.9. The van der Waals surface area contributed by atoms with Gasteiger partial charge in [0.1, 0.15) is 0 Å². The summed E-state index contributed by atoms with van der Waals surface area (Å²) in [5, 5.41) is 17.7. The van der Waals surface area contributed by atoms with Crippen molar-refractivity contribution < 1.29 is 5.11 Å². The Balaban J connectivity index is 1.74. The molecule has 3 rings (SSSR count). The van der Waals surface area contributed by atoms with Crippen LogP contribution in [-0.2, 0) is 13.6 Å². The number of piperidine rings is 1. The summed E-state index contributed by atoms with van der Waals surface area (Å²) in [5.41, 5.74) is 3.34. The minimum atomic E-state index is 0.292. The molecule has 2 aromatic rings. The lowest BCUT2D eigenvalue weighted by Crippen LogP contribution is -2.35. The van der Waals surface area contributed by atoms with Crippen LogP contribution in [0.3, 0.4) is 0 Å². The third-order valence-electron chi connectivity index (χ3n) is 4.55. The zero-order valence-corrected chi connectivity index (χ0v) is 14.1. The van der Waals surface area contributed by atoms with Crippen molar-refractivity contribution in [2.75, 3.05) is 29.9 Å². The number of halogens is 1. The maximum absolute atomic E-state index is 9.30. The van der Waals surface area contributed by atoms with E-state index in [0.29, 0.717) is 19.1 Å². The maximum Gasteiger partial charge on any atom is 0.0603 e. The van der Waals surface area contributed by atoms with Gasteiger partial charge in [0.15, 0.2) is 0 Å². The van der Waals surface area contributed by atoms with E-state index in [9.17, 15) is 5.11 Å².